The maximum Gasteiger partial charge on any atom is 0.125 e. The van der Waals surface area contributed by atoms with Crippen molar-refractivity contribution >= 4 is 11.5 Å². The van der Waals surface area contributed by atoms with Gasteiger partial charge in [0, 0.05) is 17.3 Å². The van der Waals surface area contributed by atoms with Crippen molar-refractivity contribution in [2.45, 2.75) is 0 Å². The van der Waals surface area contributed by atoms with Crippen molar-refractivity contribution in [3.63, 3.8) is 0 Å². The highest BCUT2D eigenvalue weighted by Gasteiger charge is 2.12. The summed E-state index contributed by atoms with van der Waals surface area (Å²) in [4.78, 5) is 4.04. The highest BCUT2D eigenvalue weighted by Crippen LogP contribution is 2.28. The van der Waals surface area contributed by atoms with Crippen LogP contribution >= 0.6 is 0 Å². The van der Waals surface area contributed by atoms with Crippen LogP contribution in [0.1, 0.15) is 5.56 Å². The van der Waals surface area contributed by atoms with Gasteiger partial charge in [0.25, 0.3) is 0 Å². The summed E-state index contributed by atoms with van der Waals surface area (Å²) in [7, 11) is 1.60. The first-order valence-electron chi connectivity index (χ1n) is 5.35. The van der Waals surface area contributed by atoms with E-state index in [4.69, 9.17) is 21.6 Å². The maximum absolute atomic E-state index is 7.60. The van der Waals surface area contributed by atoms with Gasteiger partial charge in [-0.25, -0.2) is 0 Å². The molecule has 0 unspecified atom stereocenters. The zero-order chi connectivity index (χ0) is 13.1. The first kappa shape index (κ1) is 11.9. The normalized spacial score (nSPS) is 10.1. The van der Waals surface area contributed by atoms with Crippen molar-refractivity contribution in [3.8, 4) is 16.9 Å². The fourth-order valence-corrected chi connectivity index (χ4v) is 1.79. The lowest BCUT2D eigenvalue weighted by molar-refractivity contribution is 0.415. The lowest BCUT2D eigenvalue weighted by Crippen LogP contribution is -2.15. The molecule has 92 valence electrons. The number of nitrogens with two attached hydrogens (primary N) is 2. The Hall–Kier alpha value is -2.56. The van der Waals surface area contributed by atoms with Crippen LogP contribution in [-0.2, 0) is 0 Å². The molecule has 5 nitrogen and oxygen atoms in total. The number of benzene rings is 1. The standard InChI is InChI=1S/C13H14N4O/c1-18-9-4-2-3-8(5-9)10-6-17-7-11(14)12(10)13(15)16/h2-7H,14H2,1H3,(H3,15,16). The second-order valence-electron chi connectivity index (χ2n) is 3.80. The zero-order valence-electron chi connectivity index (χ0n) is 9.97. The number of ether oxygens (including phenoxy) is 1. The Labute approximate surface area is 105 Å². The number of aromatic nitrogens is 1. The lowest BCUT2D eigenvalue weighted by Gasteiger charge is -2.11. The Morgan fingerprint density at radius 1 is 1.33 bits per heavy atom. The number of amidine groups is 1. The molecule has 5 heteroatoms. The number of nitrogens with zero attached hydrogens (tertiary/aromatic N) is 1. The van der Waals surface area contributed by atoms with Crippen LogP contribution in [0, 0.1) is 5.41 Å². The topological polar surface area (TPSA) is 98.0 Å². The van der Waals surface area contributed by atoms with Crippen molar-refractivity contribution in [2.24, 2.45) is 5.73 Å². The Morgan fingerprint density at radius 2 is 2.11 bits per heavy atom. The number of nitrogens with one attached hydrogen (secondary N) is 1. The highest BCUT2D eigenvalue weighted by atomic mass is 16.5. The number of anilines is 1. The van der Waals surface area contributed by atoms with E-state index in [1.165, 1.54) is 6.20 Å². The first-order chi connectivity index (χ1) is 8.63. The summed E-state index contributed by atoms with van der Waals surface area (Å²) < 4.78 is 5.17. The molecule has 2 rings (SSSR count). The van der Waals surface area contributed by atoms with Gasteiger partial charge in [0.1, 0.15) is 11.6 Å². The number of nitrogen functional groups attached to an aromatic ring is 2. The van der Waals surface area contributed by atoms with Crippen molar-refractivity contribution in [2.75, 3.05) is 12.8 Å². The fourth-order valence-electron chi connectivity index (χ4n) is 1.79. The van der Waals surface area contributed by atoms with Crippen LogP contribution < -0.4 is 16.2 Å². The Bertz CT molecular complexity index is 595. The molecule has 0 saturated heterocycles. The van der Waals surface area contributed by atoms with Gasteiger partial charge in [-0.1, -0.05) is 12.1 Å². The van der Waals surface area contributed by atoms with Gasteiger partial charge < -0.3 is 16.2 Å². The molecular formula is C13H14N4O. The molecule has 0 aliphatic carbocycles. The zero-order valence-corrected chi connectivity index (χ0v) is 9.97. The fraction of sp³-hybridized carbons (Fsp3) is 0.0769. The van der Waals surface area contributed by atoms with E-state index >= 15 is 0 Å². The van der Waals surface area contributed by atoms with E-state index in [0.29, 0.717) is 11.3 Å². The van der Waals surface area contributed by atoms with Gasteiger partial charge in [-0.3, -0.25) is 10.4 Å². The van der Waals surface area contributed by atoms with Crippen LogP contribution in [0.3, 0.4) is 0 Å². The third kappa shape index (κ3) is 2.10. The van der Waals surface area contributed by atoms with E-state index in [-0.39, 0.29) is 5.84 Å². The summed E-state index contributed by atoms with van der Waals surface area (Å²) in [5, 5.41) is 7.60. The molecule has 0 aliphatic heterocycles. The van der Waals surface area contributed by atoms with Crippen molar-refractivity contribution in [1.29, 1.82) is 5.41 Å². The molecule has 0 aliphatic rings. The maximum atomic E-state index is 7.60. The number of hydrogen-bond acceptors (Lipinski definition) is 4. The van der Waals surface area contributed by atoms with Gasteiger partial charge in [-0.05, 0) is 17.7 Å². The summed E-state index contributed by atoms with van der Waals surface area (Å²) in [6.45, 7) is 0. The van der Waals surface area contributed by atoms with Crippen LogP contribution in [0.15, 0.2) is 36.7 Å². The number of methoxy groups -OCH3 is 1. The van der Waals surface area contributed by atoms with E-state index in [1.54, 1.807) is 13.3 Å². The minimum Gasteiger partial charge on any atom is -0.497 e. The average molecular weight is 242 g/mol. The molecule has 1 aromatic carbocycles. The van der Waals surface area contributed by atoms with Crippen LogP contribution in [0.25, 0.3) is 11.1 Å². The van der Waals surface area contributed by atoms with E-state index in [9.17, 15) is 0 Å². The molecule has 2 aromatic rings. The Balaban J connectivity index is 2.63. The average Bonchev–Trinajstić information content (AvgIpc) is 2.38. The minimum absolute atomic E-state index is 0.0762. The predicted molar refractivity (Wildman–Crippen MR) is 71.7 cm³/mol. The molecule has 0 bridgehead atoms. The van der Waals surface area contributed by atoms with Gasteiger partial charge in [0.05, 0.1) is 19.0 Å². The smallest absolute Gasteiger partial charge is 0.125 e. The van der Waals surface area contributed by atoms with E-state index < -0.39 is 0 Å². The molecule has 0 amide bonds. The highest BCUT2D eigenvalue weighted by molar-refractivity contribution is 6.05. The van der Waals surface area contributed by atoms with E-state index in [0.717, 1.165) is 16.9 Å². The molecular weight excluding hydrogens is 228 g/mol. The van der Waals surface area contributed by atoms with Crippen molar-refractivity contribution in [3.05, 3.63) is 42.2 Å². The van der Waals surface area contributed by atoms with Crippen molar-refractivity contribution in [1.82, 2.24) is 4.98 Å². The lowest BCUT2D eigenvalue weighted by atomic mass is 10.00. The van der Waals surface area contributed by atoms with Gasteiger partial charge in [0.2, 0.25) is 0 Å². The van der Waals surface area contributed by atoms with Gasteiger partial charge in [-0.15, -0.1) is 0 Å². The van der Waals surface area contributed by atoms with E-state index in [2.05, 4.69) is 4.98 Å². The van der Waals surface area contributed by atoms with Gasteiger partial charge >= 0.3 is 0 Å². The molecule has 1 aromatic heterocycles. The van der Waals surface area contributed by atoms with Crippen LogP contribution in [-0.4, -0.2) is 17.9 Å². The predicted octanol–water partition coefficient (Wildman–Crippen LogP) is 1.62. The van der Waals surface area contributed by atoms with Crippen LogP contribution in [0.2, 0.25) is 0 Å². The second-order valence-corrected chi connectivity index (χ2v) is 3.80. The first-order valence-corrected chi connectivity index (χ1v) is 5.35. The van der Waals surface area contributed by atoms with Crippen LogP contribution in [0.5, 0.6) is 5.75 Å². The number of rotatable bonds is 3. The summed E-state index contributed by atoms with van der Waals surface area (Å²) >= 11 is 0. The van der Waals surface area contributed by atoms with E-state index in [1.807, 2.05) is 24.3 Å². The summed E-state index contributed by atoms with van der Waals surface area (Å²) in [6.07, 6.45) is 3.13. The molecule has 0 fully saturated rings. The molecule has 1 heterocycles. The summed E-state index contributed by atoms with van der Waals surface area (Å²) in [5.74, 6) is 0.650. The monoisotopic (exact) mass is 242 g/mol. The summed E-state index contributed by atoms with van der Waals surface area (Å²) in [5.41, 5.74) is 13.9. The van der Waals surface area contributed by atoms with Crippen molar-refractivity contribution < 1.29 is 4.74 Å². The molecule has 0 atom stereocenters. The van der Waals surface area contributed by atoms with Gasteiger partial charge in [-0.2, -0.15) is 0 Å². The Kier molecular flexibility index (Phi) is 3.14. The number of pyridine rings is 1. The molecule has 0 radical (unpaired) electrons. The molecule has 0 saturated carbocycles. The SMILES string of the molecule is COc1cccc(-c2cncc(N)c2C(=N)N)c1. The van der Waals surface area contributed by atoms with Gasteiger partial charge in [0.15, 0.2) is 0 Å². The minimum atomic E-state index is -0.0762. The molecule has 18 heavy (non-hydrogen) atoms. The summed E-state index contributed by atoms with van der Waals surface area (Å²) in [6, 6.07) is 7.45. The third-order valence-corrected chi connectivity index (χ3v) is 2.63. The largest absolute Gasteiger partial charge is 0.497 e. The van der Waals surface area contributed by atoms with Crippen LogP contribution in [0.4, 0.5) is 5.69 Å². The Morgan fingerprint density at radius 3 is 2.78 bits per heavy atom. The number of hydrogen-bond donors (Lipinski definition) is 3. The molecule has 0 spiro atoms. The molecule has 5 N–H and O–H groups in total. The second kappa shape index (κ2) is 4.75. The third-order valence-electron chi connectivity index (χ3n) is 2.63. The quantitative estimate of drug-likeness (QED) is 0.562.